The average molecular weight is 729 g/mol. The van der Waals surface area contributed by atoms with Gasteiger partial charge in [0.05, 0.1) is 0 Å². The standard InChI is InChI=1S/C26H28N.C13H12N.Ir/c1-16-8-10-20-21-14-19(24-13-17(2)18(3)15-27-24)9-11-22(21)25(4,5)26(6,7)23(20)12-16;1-10-8-11(2)14-13(9-10)12-6-4-3-5-7-12;/h8,10-15H,1-7H3;3-6,8-9H,1-2H3;/q2*-1;. The van der Waals surface area contributed by atoms with E-state index in [0.717, 1.165) is 28.2 Å². The average Bonchev–Trinajstić information content (AvgIpc) is 2.94. The third-order valence-electron chi connectivity index (χ3n) is 9.06. The number of benzene rings is 3. The van der Waals surface area contributed by atoms with Crippen molar-refractivity contribution in [2.24, 2.45) is 0 Å². The van der Waals surface area contributed by atoms with Crippen LogP contribution >= 0.6 is 0 Å². The molecule has 0 bridgehead atoms. The van der Waals surface area contributed by atoms with Crippen molar-refractivity contribution in [1.82, 2.24) is 9.97 Å². The molecule has 0 N–H and O–H groups in total. The first-order valence-electron chi connectivity index (χ1n) is 14.4. The summed E-state index contributed by atoms with van der Waals surface area (Å²) in [4.78, 5) is 9.14. The van der Waals surface area contributed by atoms with Gasteiger partial charge in [-0.2, -0.15) is 0 Å². The van der Waals surface area contributed by atoms with Gasteiger partial charge < -0.3 is 9.97 Å². The molecule has 1 radical (unpaired) electrons. The van der Waals surface area contributed by atoms with Gasteiger partial charge in [0.15, 0.2) is 0 Å². The first kappa shape index (κ1) is 31.5. The molecule has 2 heterocycles. The van der Waals surface area contributed by atoms with Crippen LogP contribution in [0.15, 0.2) is 79.0 Å². The SMILES string of the molecule is Cc1cc(C)nc(-c2[c-]cccc2)c1.Cc1ccc2c(c1)C(C)(C)C(C)(C)c1c[c-]c(-c3cc(C)c(C)cn3)cc1-2.[Ir]. The minimum atomic E-state index is 0. The largest absolute Gasteiger partial charge is 0.304 e. The van der Waals surface area contributed by atoms with Crippen LogP contribution in [0.5, 0.6) is 0 Å². The van der Waals surface area contributed by atoms with Gasteiger partial charge in [0.1, 0.15) is 0 Å². The van der Waals surface area contributed by atoms with Crippen molar-refractivity contribution in [2.45, 2.75) is 73.1 Å². The monoisotopic (exact) mass is 729 g/mol. The van der Waals surface area contributed by atoms with E-state index >= 15 is 0 Å². The molecule has 217 valence electrons. The van der Waals surface area contributed by atoms with E-state index in [2.05, 4.69) is 126 Å². The predicted octanol–water partition coefficient (Wildman–Crippen LogP) is 9.87. The van der Waals surface area contributed by atoms with Crippen molar-refractivity contribution >= 4 is 0 Å². The van der Waals surface area contributed by atoms with Gasteiger partial charge in [0.25, 0.3) is 0 Å². The Bertz CT molecular complexity index is 1710. The molecule has 42 heavy (non-hydrogen) atoms. The van der Waals surface area contributed by atoms with Crippen LogP contribution in [0.25, 0.3) is 33.6 Å². The molecule has 1 aliphatic carbocycles. The fourth-order valence-corrected chi connectivity index (χ4v) is 5.77. The maximum Gasteiger partial charge on any atom is 0.0268 e. The van der Waals surface area contributed by atoms with Crippen LogP contribution in [0, 0.1) is 46.8 Å². The zero-order valence-corrected chi connectivity index (χ0v) is 28.6. The van der Waals surface area contributed by atoms with Crippen LogP contribution in [-0.2, 0) is 30.9 Å². The zero-order valence-electron chi connectivity index (χ0n) is 26.2. The Kier molecular flexibility index (Phi) is 9.07. The van der Waals surface area contributed by atoms with E-state index in [1.54, 1.807) is 0 Å². The van der Waals surface area contributed by atoms with Crippen molar-refractivity contribution in [3.05, 3.63) is 130 Å². The molecule has 0 amide bonds. The number of nitrogens with zero attached hydrogens (tertiary/aromatic N) is 2. The van der Waals surface area contributed by atoms with Crippen molar-refractivity contribution < 1.29 is 20.1 Å². The molecule has 6 rings (SSSR count). The van der Waals surface area contributed by atoms with Crippen LogP contribution in [0.2, 0.25) is 0 Å². The minimum Gasteiger partial charge on any atom is -0.304 e. The number of aryl methyl sites for hydroxylation is 5. The molecular formula is C39H40IrN2-2. The molecule has 0 saturated heterocycles. The molecule has 0 unspecified atom stereocenters. The number of pyridine rings is 2. The summed E-state index contributed by atoms with van der Waals surface area (Å²) in [5.41, 5.74) is 15.8. The van der Waals surface area contributed by atoms with E-state index in [-0.39, 0.29) is 30.9 Å². The topological polar surface area (TPSA) is 25.8 Å². The van der Waals surface area contributed by atoms with Crippen LogP contribution < -0.4 is 0 Å². The quantitative estimate of drug-likeness (QED) is 0.169. The van der Waals surface area contributed by atoms with E-state index in [1.165, 1.54) is 44.5 Å². The van der Waals surface area contributed by atoms with Crippen LogP contribution in [0.3, 0.4) is 0 Å². The first-order valence-corrected chi connectivity index (χ1v) is 14.4. The van der Waals surface area contributed by atoms with E-state index in [0.29, 0.717) is 0 Å². The van der Waals surface area contributed by atoms with Crippen LogP contribution in [-0.4, -0.2) is 9.97 Å². The molecule has 1 aliphatic rings. The summed E-state index contributed by atoms with van der Waals surface area (Å²) in [7, 11) is 0. The second-order valence-corrected chi connectivity index (χ2v) is 12.6. The number of aromatic nitrogens is 2. The van der Waals surface area contributed by atoms with Crippen molar-refractivity contribution in [3.8, 4) is 33.6 Å². The van der Waals surface area contributed by atoms with Gasteiger partial charge in [-0.15, -0.1) is 65.2 Å². The van der Waals surface area contributed by atoms with E-state index in [4.69, 9.17) is 0 Å². The summed E-state index contributed by atoms with van der Waals surface area (Å²) in [5, 5.41) is 0. The van der Waals surface area contributed by atoms with Gasteiger partial charge in [-0.3, -0.25) is 0 Å². The van der Waals surface area contributed by atoms with Gasteiger partial charge in [-0.05, 0) is 79.6 Å². The van der Waals surface area contributed by atoms with Crippen molar-refractivity contribution in [1.29, 1.82) is 0 Å². The summed E-state index contributed by atoms with van der Waals surface area (Å²) in [6, 6.07) is 32.3. The Labute approximate surface area is 266 Å². The molecule has 2 nitrogen and oxygen atoms in total. The molecule has 0 aliphatic heterocycles. The van der Waals surface area contributed by atoms with Gasteiger partial charge in [0.2, 0.25) is 0 Å². The molecular weight excluding hydrogens is 689 g/mol. The first-order chi connectivity index (χ1) is 19.4. The summed E-state index contributed by atoms with van der Waals surface area (Å²) < 4.78 is 0. The molecule has 2 aromatic heterocycles. The number of rotatable bonds is 2. The smallest absolute Gasteiger partial charge is 0.0268 e. The second-order valence-electron chi connectivity index (χ2n) is 12.6. The third kappa shape index (κ3) is 5.91. The Hall–Kier alpha value is -3.39. The molecule has 3 aromatic carbocycles. The second kappa shape index (κ2) is 12.1. The summed E-state index contributed by atoms with van der Waals surface area (Å²) in [6.07, 6.45) is 1.96. The fourth-order valence-electron chi connectivity index (χ4n) is 5.77. The van der Waals surface area contributed by atoms with Crippen LogP contribution in [0.1, 0.15) is 66.8 Å². The van der Waals surface area contributed by atoms with Gasteiger partial charge >= 0.3 is 0 Å². The Morgan fingerprint density at radius 2 is 1.36 bits per heavy atom. The zero-order chi connectivity index (χ0) is 29.5. The summed E-state index contributed by atoms with van der Waals surface area (Å²) >= 11 is 0. The summed E-state index contributed by atoms with van der Waals surface area (Å²) in [6.45, 7) is 20.0. The van der Waals surface area contributed by atoms with Crippen LogP contribution in [0.4, 0.5) is 0 Å². The number of hydrogen-bond acceptors (Lipinski definition) is 2. The molecule has 0 fully saturated rings. The number of hydrogen-bond donors (Lipinski definition) is 0. The van der Waals surface area contributed by atoms with E-state index < -0.39 is 0 Å². The van der Waals surface area contributed by atoms with Gasteiger partial charge in [0, 0.05) is 32.0 Å². The van der Waals surface area contributed by atoms with Gasteiger partial charge in [-0.25, -0.2) is 0 Å². The van der Waals surface area contributed by atoms with Gasteiger partial charge in [-0.1, -0.05) is 80.3 Å². The maximum absolute atomic E-state index is 4.66. The third-order valence-corrected chi connectivity index (χ3v) is 9.06. The van der Waals surface area contributed by atoms with E-state index in [1.807, 2.05) is 37.4 Å². The van der Waals surface area contributed by atoms with Crippen molar-refractivity contribution in [2.75, 3.05) is 0 Å². The Morgan fingerprint density at radius 1 is 0.619 bits per heavy atom. The molecule has 0 spiro atoms. The molecule has 0 atom stereocenters. The fraction of sp³-hybridized carbons (Fsp3) is 0.282. The Morgan fingerprint density at radius 3 is 2.02 bits per heavy atom. The number of fused-ring (bicyclic) bond motifs is 3. The predicted molar refractivity (Wildman–Crippen MR) is 172 cm³/mol. The Balaban J connectivity index is 0.000000228. The maximum atomic E-state index is 4.66. The molecule has 0 saturated carbocycles. The molecule has 5 aromatic rings. The normalized spacial score (nSPS) is 14.0. The van der Waals surface area contributed by atoms with Crippen molar-refractivity contribution in [3.63, 3.8) is 0 Å². The molecule has 3 heteroatoms. The minimum absolute atomic E-state index is 0. The van der Waals surface area contributed by atoms with E-state index in [9.17, 15) is 0 Å². The summed E-state index contributed by atoms with van der Waals surface area (Å²) in [5.74, 6) is 0.